The highest BCUT2D eigenvalue weighted by molar-refractivity contribution is 5.85. The van der Waals surface area contributed by atoms with Crippen LogP contribution in [0.25, 0.3) is 0 Å². The summed E-state index contributed by atoms with van der Waals surface area (Å²) in [7, 11) is 1.65. The number of methoxy groups -OCH3 is 1. The molecule has 1 saturated heterocycles. The predicted octanol–water partition coefficient (Wildman–Crippen LogP) is 1.24. The molecule has 0 aromatic rings. The van der Waals surface area contributed by atoms with Crippen molar-refractivity contribution in [2.45, 2.75) is 57.3 Å². The van der Waals surface area contributed by atoms with Crippen molar-refractivity contribution in [3.63, 3.8) is 0 Å². The van der Waals surface area contributed by atoms with E-state index in [0.717, 1.165) is 32.1 Å². The van der Waals surface area contributed by atoms with Crippen LogP contribution in [0.4, 0.5) is 0 Å². The minimum absolute atomic E-state index is 0. The van der Waals surface area contributed by atoms with Gasteiger partial charge in [0.05, 0.1) is 18.8 Å². The molecule has 19 heavy (non-hydrogen) atoms. The first-order valence-corrected chi connectivity index (χ1v) is 6.86. The van der Waals surface area contributed by atoms with Gasteiger partial charge < -0.3 is 20.5 Å². The molecule has 0 aliphatic carbocycles. The Bertz CT molecular complexity index is 254. The van der Waals surface area contributed by atoms with Gasteiger partial charge in [-0.3, -0.25) is 4.79 Å². The third kappa shape index (κ3) is 6.56. The lowest BCUT2D eigenvalue weighted by Crippen LogP contribution is -2.43. The van der Waals surface area contributed by atoms with E-state index in [1.165, 1.54) is 0 Å². The summed E-state index contributed by atoms with van der Waals surface area (Å²) in [6, 6.07) is 0.0861. The number of halogens is 1. The molecule has 0 radical (unpaired) electrons. The SMILES string of the molecule is CCCCC(COC)NC(=O)[C@@H]1CC[C@H](CN)O1.Cl. The van der Waals surface area contributed by atoms with Gasteiger partial charge in [0.15, 0.2) is 0 Å². The molecule has 1 aliphatic rings. The van der Waals surface area contributed by atoms with Crippen LogP contribution in [-0.2, 0) is 14.3 Å². The van der Waals surface area contributed by atoms with Gasteiger partial charge in [-0.2, -0.15) is 0 Å². The normalized spacial score (nSPS) is 23.7. The molecule has 3 atom stereocenters. The average Bonchev–Trinajstić information content (AvgIpc) is 2.85. The fourth-order valence-electron chi connectivity index (χ4n) is 2.21. The Labute approximate surface area is 122 Å². The summed E-state index contributed by atoms with van der Waals surface area (Å²) in [5.41, 5.74) is 5.53. The predicted molar refractivity (Wildman–Crippen MR) is 77.5 cm³/mol. The van der Waals surface area contributed by atoms with Crippen LogP contribution in [0.15, 0.2) is 0 Å². The molecule has 1 unspecified atom stereocenters. The fourth-order valence-corrected chi connectivity index (χ4v) is 2.21. The van der Waals surface area contributed by atoms with Gasteiger partial charge in [-0.15, -0.1) is 12.4 Å². The monoisotopic (exact) mass is 294 g/mol. The molecule has 114 valence electrons. The molecule has 1 fully saturated rings. The lowest BCUT2D eigenvalue weighted by molar-refractivity contribution is -0.133. The van der Waals surface area contributed by atoms with Crippen molar-refractivity contribution < 1.29 is 14.3 Å². The highest BCUT2D eigenvalue weighted by Crippen LogP contribution is 2.19. The molecular formula is C13H27ClN2O3. The molecule has 5 nitrogen and oxygen atoms in total. The Kier molecular flexibility index (Phi) is 10.2. The van der Waals surface area contributed by atoms with Crippen LogP contribution >= 0.6 is 12.4 Å². The smallest absolute Gasteiger partial charge is 0.249 e. The first-order valence-electron chi connectivity index (χ1n) is 6.86. The number of carbonyl (C=O) groups is 1. The number of unbranched alkanes of at least 4 members (excludes halogenated alkanes) is 1. The van der Waals surface area contributed by atoms with Crippen LogP contribution in [0, 0.1) is 0 Å². The number of hydrogen-bond acceptors (Lipinski definition) is 4. The molecule has 0 spiro atoms. The zero-order valence-electron chi connectivity index (χ0n) is 11.9. The number of rotatable bonds is 8. The van der Waals surface area contributed by atoms with Crippen molar-refractivity contribution in [1.29, 1.82) is 0 Å². The summed E-state index contributed by atoms with van der Waals surface area (Å²) in [5.74, 6) is -0.0240. The maximum atomic E-state index is 12.0. The first kappa shape index (κ1) is 18.6. The van der Waals surface area contributed by atoms with Crippen LogP contribution in [0.3, 0.4) is 0 Å². The van der Waals surface area contributed by atoms with Crippen LogP contribution in [0.1, 0.15) is 39.0 Å². The van der Waals surface area contributed by atoms with Gasteiger partial charge >= 0.3 is 0 Å². The van der Waals surface area contributed by atoms with E-state index >= 15 is 0 Å². The van der Waals surface area contributed by atoms with Crippen molar-refractivity contribution in [3.8, 4) is 0 Å². The lowest BCUT2D eigenvalue weighted by atomic mass is 10.1. The maximum Gasteiger partial charge on any atom is 0.249 e. The summed E-state index contributed by atoms with van der Waals surface area (Å²) >= 11 is 0. The maximum absolute atomic E-state index is 12.0. The zero-order chi connectivity index (χ0) is 13.4. The second-order valence-corrected chi connectivity index (χ2v) is 4.86. The summed E-state index contributed by atoms with van der Waals surface area (Å²) in [6.45, 7) is 3.18. The second-order valence-electron chi connectivity index (χ2n) is 4.86. The number of carbonyl (C=O) groups excluding carboxylic acids is 1. The standard InChI is InChI=1S/C13H26N2O3.ClH/c1-3-4-5-10(9-17-2)15-13(16)12-7-6-11(8-14)18-12;/h10-12H,3-9,14H2,1-2H3,(H,15,16);1H/t10?,11-,12+;/m1./s1. The molecule has 0 bridgehead atoms. The zero-order valence-corrected chi connectivity index (χ0v) is 12.7. The average molecular weight is 295 g/mol. The Morgan fingerprint density at radius 1 is 1.53 bits per heavy atom. The van der Waals surface area contributed by atoms with E-state index in [2.05, 4.69) is 12.2 Å². The topological polar surface area (TPSA) is 73.6 Å². The van der Waals surface area contributed by atoms with E-state index in [0.29, 0.717) is 13.2 Å². The molecule has 0 saturated carbocycles. The molecule has 0 aromatic heterocycles. The third-order valence-corrected chi connectivity index (χ3v) is 3.28. The third-order valence-electron chi connectivity index (χ3n) is 3.28. The molecule has 6 heteroatoms. The van der Waals surface area contributed by atoms with E-state index in [1.54, 1.807) is 7.11 Å². The Hall–Kier alpha value is -0.360. The van der Waals surface area contributed by atoms with E-state index in [-0.39, 0.29) is 36.6 Å². The number of nitrogens with two attached hydrogens (primary N) is 1. The van der Waals surface area contributed by atoms with E-state index in [9.17, 15) is 4.79 Å². The molecular weight excluding hydrogens is 268 g/mol. The van der Waals surface area contributed by atoms with Gasteiger partial charge in [0.25, 0.3) is 0 Å². The molecule has 1 amide bonds. The van der Waals surface area contributed by atoms with Gasteiger partial charge in [-0.25, -0.2) is 0 Å². The number of hydrogen-bond donors (Lipinski definition) is 2. The number of amides is 1. The van der Waals surface area contributed by atoms with Gasteiger partial charge in [-0.05, 0) is 19.3 Å². The van der Waals surface area contributed by atoms with Gasteiger partial charge in [0, 0.05) is 13.7 Å². The van der Waals surface area contributed by atoms with Crippen LogP contribution in [-0.4, -0.2) is 44.4 Å². The minimum Gasteiger partial charge on any atom is -0.383 e. The Balaban J connectivity index is 0.00000324. The van der Waals surface area contributed by atoms with Crippen molar-refractivity contribution >= 4 is 18.3 Å². The highest BCUT2D eigenvalue weighted by atomic mass is 35.5. The van der Waals surface area contributed by atoms with Gasteiger partial charge in [-0.1, -0.05) is 19.8 Å². The molecule has 1 heterocycles. The highest BCUT2D eigenvalue weighted by Gasteiger charge is 2.30. The van der Waals surface area contributed by atoms with Crippen LogP contribution < -0.4 is 11.1 Å². The Morgan fingerprint density at radius 3 is 2.79 bits per heavy atom. The molecule has 3 N–H and O–H groups in total. The van der Waals surface area contributed by atoms with E-state index in [4.69, 9.17) is 15.2 Å². The van der Waals surface area contributed by atoms with Crippen LogP contribution in [0.5, 0.6) is 0 Å². The Morgan fingerprint density at radius 2 is 2.26 bits per heavy atom. The summed E-state index contributed by atoms with van der Waals surface area (Å²) in [5, 5.41) is 3.01. The largest absolute Gasteiger partial charge is 0.383 e. The fraction of sp³-hybridized carbons (Fsp3) is 0.923. The van der Waals surface area contributed by atoms with Gasteiger partial charge in [0.2, 0.25) is 5.91 Å². The van der Waals surface area contributed by atoms with Crippen molar-refractivity contribution in [2.75, 3.05) is 20.3 Å². The quantitative estimate of drug-likeness (QED) is 0.706. The summed E-state index contributed by atoms with van der Waals surface area (Å²) in [4.78, 5) is 12.0. The van der Waals surface area contributed by atoms with Crippen molar-refractivity contribution in [2.24, 2.45) is 5.73 Å². The number of ether oxygens (including phenoxy) is 2. The minimum atomic E-state index is -0.334. The summed E-state index contributed by atoms with van der Waals surface area (Å²) < 4.78 is 10.7. The second kappa shape index (κ2) is 10.4. The van der Waals surface area contributed by atoms with Crippen LogP contribution in [0.2, 0.25) is 0 Å². The van der Waals surface area contributed by atoms with E-state index in [1.807, 2.05) is 0 Å². The number of nitrogens with one attached hydrogen (secondary N) is 1. The van der Waals surface area contributed by atoms with Gasteiger partial charge in [0.1, 0.15) is 6.10 Å². The molecule has 1 rings (SSSR count). The first-order chi connectivity index (χ1) is 8.71. The van der Waals surface area contributed by atoms with E-state index < -0.39 is 0 Å². The van der Waals surface area contributed by atoms with Crippen molar-refractivity contribution in [3.05, 3.63) is 0 Å². The summed E-state index contributed by atoms with van der Waals surface area (Å²) in [6.07, 6.45) is 4.50. The lowest BCUT2D eigenvalue weighted by Gasteiger charge is -2.20. The van der Waals surface area contributed by atoms with Crippen molar-refractivity contribution in [1.82, 2.24) is 5.32 Å². The molecule has 0 aromatic carbocycles. The molecule has 1 aliphatic heterocycles.